The number of nitrogens with one attached hydrogen (secondary N) is 1. The van der Waals surface area contributed by atoms with Crippen LogP contribution in [0.1, 0.15) is 5.56 Å². The van der Waals surface area contributed by atoms with Crippen LogP contribution < -0.4 is 5.43 Å². The quantitative estimate of drug-likeness (QED) is 0.322. The van der Waals surface area contributed by atoms with Gasteiger partial charge in [0.05, 0.1) is 19.6 Å². The van der Waals surface area contributed by atoms with Gasteiger partial charge in [0.1, 0.15) is 5.75 Å². The van der Waals surface area contributed by atoms with E-state index in [0.29, 0.717) is 0 Å². The predicted octanol–water partition coefficient (Wildman–Crippen LogP) is 2.65. The maximum absolute atomic E-state index is 10.8. The highest BCUT2D eigenvalue weighted by atomic mass is 127. The zero-order chi connectivity index (χ0) is 17.0. The van der Waals surface area contributed by atoms with E-state index in [1.165, 1.54) is 24.4 Å². The first-order valence-electron chi connectivity index (χ1n) is 5.95. The molecule has 0 atom stereocenters. The smallest absolute Gasteiger partial charge is 0.313 e. The number of nitrogens with zero attached hydrogens (tertiary/aromatic N) is 4. The number of hydrogen-bond acceptors (Lipinski definition) is 8. The summed E-state index contributed by atoms with van der Waals surface area (Å²) in [4.78, 5) is 24.2. The Kier molecular flexibility index (Phi) is 5.00. The Bertz CT molecular complexity index is 810. The first kappa shape index (κ1) is 16.5. The summed E-state index contributed by atoms with van der Waals surface area (Å²) in [5.74, 6) is -0.273. The summed E-state index contributed by atoms with van der Waals surface area (Å²) in [6, 6.07) is 5.00. The number of halogens is 1. The van der Waals surface area contributed by atoms with Gasteiger partial charge in [-0.1, -0.05) is 0 Å². The number of aromatic hydroxyl groups is 1. The molecule has 2 N–H and O–H groups in total. The average Bonchev–Trinajstić information content (AvgIpc) is 2.51. The maximum Gasteiger partial charge on any atom is 0.313 e. The number of nitro groups is 2. The van der Waals surface area contributed by atoms with Crippen LogP contribution in [0.2, 0.25) is 0 Å². The molecule has 2 rings (SSSR count). The molecule has 2 aromatic rings. The second kappa shape index (κ2) is 6.95. The number of nitro benzene ring substituents is 1. The summed E-state index contributed by atoms with van der Waals surface area (Å²) in [7, 11) is 0. The highest BCUT2D eigenvalue weighted by Crippen LogP contribution is 2.28. The van der Waals surface area contributed by atoms with Crippen molar-refractivity contribution >= 4 is 46.0 Å². The predicted molar refractivity (Wildman–Crippen MR) is 89.6 cm³/mol. The Morgan fingerprint density at radius 2 is 2.04 bits per heavy atom. The zero-order valence-electron chi connectivity index (χ0n) is 11.2. The van der Waals surface area contributed by atoms with Gasteiger partial charge in [0.15, 0.2) is 0 Å². The Morgan fingerprint density at radius 3 is 2.70 bits per heavy atom. The second-order valence-corrected chi connectivity index (χ2v) is 5.28. The molecule has 10 nitrogen and oxygen atoms in total. The molecule has 11 heteroatoms. The van der Waals surface area contributed by atoms with Crippen molar-refractivity contribution in [3.05, 3.63) is 59.8 Å². The van der Waals surface area contributed by atoms with Crippen molar-refractivity contribution in [3.8, 4) is 5.75 Å². The van der Waals surface area contributed by atoms with E-state index < -0.39 is 9.85 Å². The highest BCUT2D eigenvalue weighted by molar-refractivity contribution is 14.1. The fourth-order valence-electron chi connectivity index (χ4n) is 1.60. The molecule has 118 valence electrons. The Hall–Kier alpha value is -2.83. The topological polar surface area (TPSA) is 144 Å². The molecule has 0 fully saturated rings. The molecule has 0 bridgehead atoms. The van der Waals surface area contributed by atoms with Crippen molar-refractivity contribution in [3.63, 3.8) is 0 Å². The average molecular weight is 429 g/mol. The molecular formula is C12H8IN5O5. The van der Waals surface area contributed by atoms with Crippen molar-refractivity contribution in [1.82, 2.24) is 4.98 Å². The van der Waals surface area contributed by atoms with E-state index in [1.807, 2.05) is 0 Å². The molecular weight excluding hydrogens is 421 g/mol. The van der Waals surface area contributed by atoms with Crippen LogP contribution in [-0.2, 0) is 0 Å². The van der Waals surface area contributed by atoms with Gasteiger partial charge in [-0.2, -0.15) is 5.10 Å². The number of non-ortho nitro benzene ring substituents is 1. The van der Waals surface area contributed by atoms with Crippen LogP contribution in [0.3, 0.4) is 0 Å². The van der Waals surface area contributed by atoms with Gasteiger partial charge < -0.3 is 5.11 Å². The van der Waals surface area contributed by atoms with E-state index in [2.05, 4.69) is 15.5 Å². The SMILES string of the molecule is O=[N+]([O-])c1cc(I)c(O)c(/C=N/Nc2ncccc2[N+](=O)[O-])c1. The molecule has 0 radical (unpaired) electrons. The van der Waals surface area contributed by atoms with Gasteiger partial charge in [-0.05, 0) is 28.7 Å². The van der Waals surface area contributed by atoms with Crippen LogP contribution in [0.25, 0.3) is 0 Å². The van der Waals surface area contributed by atoms with E-state index >= 15 is 0 Å². The minimum Gasteiger partial charge on any atom is -0.506 e. The van der Waals surface area contributed by atoms with Gasteiger partial charge in [0.2, 0.25) is 5.82 Å². The van der Waals surface area contributed by atoms with Gasteiger partial charge in [0.25, 0.3) is 5.69 Å². The van der Waals surface area contributed by atoms with Crippen LogP contribution in [-0.4, -0.2) is 26.2 Å². The standard InChI is InChI=1S/C12H8IN5O5/c13-9-5-8(17(20)21)4-7(11(9)19)6-15-16-12-10(18(22)23)2-1-3-14-12/h1-6,19H,(H,14,16)/b15-6+. The number of hydrogen-bond donors (Lipinski definition) is 2. The first-order valence-corrected chi connectivity index (χ1v) is 7.03. The van der Waals surface area contributed by atoms with Crippen LogP contribution in [0.15, 0.2) is 35.6 Å². The summed E-state index contributed by atoms with van der Waals surface area (Å²) >= 11 is 1.75. The molecule has 0 saturated heterocycles. The monoisotopic (exact) mass is 429 g/mol. The molecule has 0 aliphatic carbocycles. The van der Waals surface area contributed by atoms with Crippen LogP contribution in [0.5, 0.6) is 5.75 Å². The van der Waals surface area contributed by atoms with Gasteiger partial charge in [0, 0.05) is 30.0 Å². The fraction of sp³-hybridized carbons (Fsp3) is 0. The van der Waals surface area contributed by atoms with Crippen molar-refractivity contribution in [2.24, 2.45) is 5.10 Å². The Labute approximate surface area is 142 Å². The lowest BCUT2D eigenvalue weighted by atomic mass is 10.2. The lowest BCUT2D eigenvalue weighted by Gasteiger charge is -2.03. The Balaban J connectivity index is 2.28. The first-order chi connectivity index (χ1) is 10.9. The normalized spacial score (nSPS) is 10.7. The molecule has 1 heterocycles. The molecule has 1 aromatic heterocycles. The molecule has 23 heavy (non-hydrogen) atoms. The molecule has 0 aliphatic rings. The number of benzene rings is 1. The summed E-state index contributed by atoms with van der Waals surface area (Å²) < 4.78 is 0.280. The number of rotatable bonds is 5. The lowest BCUT2D eigenvalue weighted by molar-refractivity contribution is -0.385. The molecule has 0 amide bonds. The summed E-state index contributed by atoms with van der Waals surface area (Å²) in [5, 5.41) is 35.2. The minimum absolute atomic E-state index is 0.0895. The van der Waals surface area contributed by atoms with E-state index in [-0.39, 0.29) is 32.1 Å². The molecule has 0 saturated carbocycles. The number of phenolic OH excluding ortho intramolecular Hbond substituents is 1. The number of aromatic nitrogens is 1. The largest absolute Gasteiger partial charge is 0.506 e. The second-order valence-electron chi connectivity index (χ2n) is 4.12. The van der Waals surface area contributed by atoms with Crippen LogP contribution >= 0.6 is 22.6 Å². The zero-order valence-corrected chi connectivity index (χ0v) is 13.4. The third-order valence-electron chi connectivity index (χ3n) is 2.65. The summed E-state index contributed by atoms with van der Waals surface area (Å²) in [6.45, 7) is 0. The van der Waals surface area contributed by atoms with E-state index in [4.69, 9.17) is 0 Å². The number of pyridine rings is 1. The highest BCUT2D eigenvalue weighted by Gasteiger charge is 2.15. The third-order valence-corrected chi connectivity index (χ3v) is 3.47. The van der Waals surface area contributed by atoms with E-state index in [1.54, 1.807) is 22.6 Å². The van der Waals surface area contributed by atoms with Gasteiger partial charge in [-0.3, -0.25) is 25.7 Å². The van der Waals surface area contributed by atoms with Crippen molar-refractivity contribution in [1.29, 1.82) is 0 Å². The van der Waals surface area contributed by atoms with E-state index in [9.17, 15) is 25.3 Å². The van der Waals surface area contributed by atoms with Gasteiger partial charge in [-0.15, -0.1) is 0 Å². The molecule has 0 spiro atoms. The molecule has 1 aromatic carbocycles. The summed E-state index contributed by atoms with van der Waals surface area (Å²) in [5.41, 5.74) is 1.98. The van der Waals surface area contributed by atoms with E-state index in [0.717, 1.165) is 12.3 Å². The third kappa shape index (κ3) is 3.88. The van der Waals surface area contributed by atoms with Gasteiger partial charge in [-0.25, -0.2) is 4.98 Å². The lowest BCUT2D eigenvalue weighted by Crippen LogP contribution is -1.99. The van der Waals surface area contributed by atoms with Crippen molar-refractivity contribution in [2.75, 3.05) is 5.43 Å². The summed E-state index contributed by atoms with van der Waals surface area (Å²) in [6.07, 6.45) is 2.46. The molecule has 0 unspecified atom stereocenters. The fourth-order valence-corrected chi connectivity index (χ4v) is 2.23. The molecule has 0 aliphatic heterocycles. The number of hydrazone groups is 1. The number of phenols is 1. The number of anilines is 1. The van der Waals surface area contributed by atoms with Crippen molar-refractivity contribution < 1.29 is 15.0 Å². The van der Waals surface area contributed by atoms with Crippen molar-refractivity contribution in [2.45, 2.75) is 0 Å². The Morgan fingerprint density at radius 1 is 1.30 bits per heavy atom. The maximum atomic E-state index is 10.8. The van der Waals surface area contributed by atoms with Crippen LogP contribution in [0.4, 0.5) is 17.2 Å². The van der Waals surface area contributed by atoms with Gasteiger partial charge >= 0.3 is 5.69 Å². The minimum atomic E-state index is -0.626. The van der Waals surface area contributed by atoms with Crippen LogP contribution in [0, 0.1) is 23.8 Å².